The number of hydrogen-bond acceptors (Lipinski definition) is 4. The van der Waals surface area contributed by atoms with Crippen molar-refractivity contribution in [1.82, 2.24) is 14.7 Å². The number of rotatable bonds is 4. The topological polar surface area (TPSA) is 64.4 Å². The lowest BCUT2D eigenvalue weighted by Crippen LogP contribution is -2.45. The molecular weight excluding hydrogens is 306 g/mol. The molecule has 1 fully saturated rings. The maximum atomic E-state index is 12.6. The van der Waals surface area contributed by atoms with Gasteiger partial charge in [0, 0.05) is 25.1 Å². The summed E-state index contributed by atoms with van der Waals surface area (Å²) in [6.45, 7) is 5.75. The van der Waals surface area contributed by atoms with E-state index < -0.39 is 0 Å². The van der Waals surface area contributed by atoms with Crippen molar-refractivity contribution in [1.29, 1.82) is 0 Å². The van der Waals surface area contributed by atoms with E-state index in [0.29, 0.717) is 25.1 Å². The van der Waals surface area contributed by atoms with E-state index in [9.17, 15) is 9.59 Å². The number of carbonyl (C=O) groups is 1. The van der Waals surface area contributed by atoms with Crippen LogP contribution in [0.2, 0.25) is 0 Å². The quantitative estimate of drug-likeness (QED) is 0.857. The van der Waals surface area contributed by atoms with Crippen LogP contribution in [0.5, 0.6) is 0 Å². The summed E-state index contributed by atoms with van der Waals surface area (Å²) in [4.78, 5) is 26.9. The minimum Gasteiger partial charge on any atom is -0.377 e. The number of benzene rings is 1. The summed E-state index contributed by atoms with van der Waals surface area (Å²) in [6.07, 6.45) is 2.00. The second-order valence-corrected chi connectivity index (χ2v) is 6.15. The van der Waals surface area contributed by atoms with Crippen LogP contribution in [0.25, 0.3) is 10.8 Å². The van der Waals surface area contributed by atoms with E-state index in [1.54, 1.807) is 11.0 Å². The summed E-state index contributed by atoms with van der Waals surface area (Å²) in [5.41, 5.74) is 0.534. The lowest BCUT2D eigenvalue weighted by Gasteiger charge is -2.32. The third kappa shape index (κ3) is 3.33. The Hall–Kier alpha value is -2.21. The van der Waals surface area contributed by atoms with Crippen molar-refractivity contribution in [3.05, 3.63) is 40.3 Å². The number of likely N-dealkylation sites (tertiary alicyclic amines) is 1. The lowest BCUT2D eigenvalue weighted by atomic mass is 10.1. The van der Waals surface area contributed by atoms with Crippen LogP contribution in [0.3, 0.4) is 0 Å². The zero-order chi connectivity index (χ0) is 17.1. The zero-order valence-electron chi connectivity index (χ0n) is 14.2. The first kappa shape index (κ1) is 16.6. The number of amides is 1. The third-order valence-electron chi connectivity index (χ3n) is 4.47. The number of ether oxygens (including phenoxy) is 1. The first-order valence-electron chi connectivity index (χ1n) is 8.46. The van der Waals surface area contributed by atoms with Gasteiger partial charge in [0.05, 0.1) is 17.2 Å². The molecule has 6 nitrogen and oxygen atoms in total. The summed E-state index contributed by atoms with van der Waals surface area (Å²) < 4.78 is 6.92. The van der Waals surface area contributed by atoms with Gasteiger partial charge in [-0.05, 0) is 32.8 Å². The Labute approximate surface area is 141 Å². The Morgan fingerprint density at radius 2 is 2.08 bits per heavy atom. The number of aromatic nitrogens is 2. The molecule has 1 aromatic carbocycles. The highest BCUT2D eigenvalue weighted by molar-refractivity contribution is 5.83. The third-order valence-corrected chi connectivity index (χ3v) is 4.47. The molecule has 24 heavy (non-hydrogen) atoms. The first-order chi connectivity index (χ1) is 11.6. The fourth-order valence-electron chi connectivity index (χ4n) is 3.28. The molecular formula is C18H23N3O3. The normalized spacial score (nSPS) is 18.1. The fourth-order valence-corrected chi connectivity index (χ4v) is 3.28. The van der Waals surface area contributed by atoms with Gasteiger partial charge < -0.3 is 9.64 Å². The van der Waals surface area contributed by atoms with Crippen molar-refractivity contribution in [3.8, 4) is 0 Å². The van der Waals surface area contributed by atoms with Gasteiger partial charge in [0.1, 0.15) is 6.54 Å². The molecule has 0 aliphatic carbocycles. The van der Waals surface area contributed by atoms with Crippen molar-refractivity contribution in [2.24, 2.45) is 0 Å². The molecule has 128 valence electrons. The molecule has 0 radical (unpaired) electrons. The predicted octanol–water partition coefficient (Wildman–Crippen LogP) is 1.73. The zero-order valence-corrected chi connectivity index (χ0v) is 14.2. The SMILES string of the molecule is CCOC1CCCN(C(=O)Cn2nc(C)c3ccccc3c2=O)C1. The molecule has 0 bridgehead atoms. The Balaban J connectivity index is 1.81. The van der Waals surface area contributed by atoms with Gasteiger partial charge in [-0.2, -0.15) is 5.10 Å². The molecule has 1 saturated heterocycles. The maximum absolute atomic E-state index is 12.6. The van der Waals surface area contributed by atoms with Crippen molar-refractivity contribution in [2.45, 2.75) is 39.3 Å². The second kappa shape index (κ2) is 7.13. The van der Waals surface area contributed by atoms with Crippen LogP contribution in [0, 0.1) is 6.92 Å². The monoisotopic (exact) mass is 329 g/mol. The predicted molar refractivity (Wildman–Crippen MR) is 92.0 cm³/mol. The van der Waals surface area contributed by atoms with E-state index in [-0.39, 0.29) is 24.1 Å². The Morgan fingerprint density at radius 1 is 1.33 bits per heavy atom. The van der Waals surface area contributed by atoms with Gasteiger partial charge in [-0.3, -0.25) is 9.59 Å². The van der Waals surface area contributed by atoms with Crippen LogP contribution >= 0.6 is 0 Å². The minimum atomic E-state index is -0.220. The van der Waals surface area contributed by atoms with Crippen LogP contribution in [-0.2, 0) is 16.1 Å². The van der Waals surface area contributed by atoms with E-state index >= 15 is 0 Å². The van der Waals surface area contributed by atoms with E-state index in [1.165, 1.54) is 4.68 Å². The van der Waals surface area contributed by atoms with E-state index in [2.05, 4.69) is 5.10 Å². The number of hydrogen-bond donors (Lipinski definition) is 0. The molecule has 3 rings (SSSR count). The number of aryl methyl sites for hydroxylation is 1. The van der Waals surface area contributed by atoms with Gasteiger partial charge in [-0.25, -0.2) is 4.68 Å². The summed E-state index contributed by atoms with van der Waals surface area (Å²) in [7, 11) is 0. The van der Waals surface area contributed by atoms with Gasteiger partial charge in [0.2, 0.25) is 5.91 Å². The molecule has 1 unspecified atom stereocenters. The Bertz CT molecular complexity index is 798. The number of piperidine rings is 1. The van der Waals surface area contributed by atoms with Crippen molar-refractivity contribution in [3.63, 3.8) is 0 Å². The van der Waals surface area contributed by atoms with Crippen molar-refractivity contribution in [2.75, 3.05) is 19.7 Å². The van der Waals surface area contributed by atoms with Crippen LogP contribution in [-0.4, -0.2) is 46.4 Å². The summed E-state index contributed by atoms with van der Waals surface area (Å²) in [5.74, 6) is -0.0799. The van der Waals surface area contributed by atoms with E-state index in [1.807, 2.05) is 32.0 Å². The molecule has 1 amide bonds. The molecule has 0 saturated carbocycles. The molecule has 0 spiro atoms. The van der Waals surface area contributed by atoms with Gasteiger partial charge in [-0.1, -0.05) is 18.2 Å². The highest BCUT2D eigenvalue weighted by Crippen LogP contribution is 2.15. The number of fused-ring (bicyclic) bond motifs is 1. The molecule has 1 aromatic heterocycles. The molecule has 0 N–H and O–H groups in total. The van der Waals surface area contributed by atoms with Crippen LogP contribution in [0.15, 0.2) is 29.1 Å². The average Bonchev–Trinajstić information content (AvgIpc) is 2.60. The van der Waals surface area contributed by atoms with Gasteiger partial charge in [0.15, 0.2) is 0 Å². The summed E-state index contributed by atoms with van der Waals surface area (Å²) >= 11 is 0. The molecule has 1 aliphatic rings. The fraction of sp³-hybridized carbons (Fsp3) is 0.500. The lowest BCUT2D eigenvalue weighted by molar-refractivity contribution is -0.136. The summed E-state index contributed by atoms with van der Waals surface area (Å²) in [5, 5.41) is 5.75. The average molecular weight is 329 g/mol. The van der Waals surface area contributed by atoms with E-state index in [0.717, 1.165) is 23.9 Å². The number of carbonyl (C=O) groups excluding carboxylic acids is 1. The standard InChI is InChI=1S/C18H23N3O3/c1-3-24-14-7-6-10-20(11-14)17(22)12-21-18(23)16-9-5-4-8-15(16)13(2)19-21/h4-5,8-9,14H,3,6-7,10-12H2,1-2H3. The second-order valence-electron chi connectivity index (χ2n) is 6.15. The van der Waals surface area contributed by atoms with Crippen molar-refractivity contribution >= 4 is 16.7 Å². The van der Waals surface area contributed by atoms with Gasteiger partial charge >= 0.3 is 0 Å². The van der Waals surface area contributed by atoms with Gasteiger partial charge in [-0.15, -0.1) is 0 Å². The van der Waals surface area contributed by atoms with Crippen LogP contribution < -0.4 is 5.56 Å². The highest BCUT2D eigenvalue weighted by Gasteiger charge is 2.24. The maximum Gasteiger partial charge on any atom is 0.275 e. The first-order valence-corrected chi connectivity index (χ1v) is 8.46. The smallest absolute Gasteiger partial charge is 0.275 e. The van der Waals surface area contributed by atoms with E-state index in [4.69, 9.17) is 4.74 Å². The molecule has 2 aromatic rings. The number of nitrogens with zero attached hydrogens (tertiary/aromatic N) is 3. The molecule has 6 heteroatoms. The molecule has 1 aliphatic heterocycles. The van der Waals surface area contributed by atoms with Crippen LogP contribution in [0.4, 0.5) is 0 Å². The Morgan fingerprint density at radius 3 is 2.83 bits per heavy atom. The van der Waals surface area contributed by atoms with Crippen molar-refractivity contribution < 1.29 is 9.53 Å². The Kier molecular flexibility index (Phi) is 4.94. The summed E-state index contributed by atoms with van der Waals surface area (Å²) in [6, 6.07) is 7.36. The molecule has 2 heterocycles. The molecule has 1 atom stereocenters. The van der Waals surface area contributed by atoms with Crippen LogP contribution in [0.1, 0.15) is 25.5 Å². The van der Waals surface area contributed by atoms with Gasteiger partial charge in [0.25, 0.3) is 5.56 Å². The highest BCUT2D eigenvalue weighted by atomic mass is 16.5. The largest absolute Gasteiger partial charge is 0.377 e. The minimum absolute atomic E-state index is 0.0245.